The molecule has 126 valence electrons. The summed E-state index contributed by atoms with van der Waals surface area (Å²) in [7, 11) is 0. The van der Waals surface area contributed by atoms with Crippen LogP contribution in [0.1, 0.15) is 53.9 Å². The summed E-state index contributed by atoms with van der Waals surface area (Å²) in [6.45, 7) is 10.8. The Morgan fingerprint density at radius 2 is 2.13 bits per heavy atom. The normalized spacial score (nSPS) is 31.0. The fourth-order valence-corrected chi connectivity index (χ4v) is 3.78. The Labute approximate surface area is 138 Å². The molecule has 0 saturated carbocycles. The van der Waals surface area contributed by atoms with Gasteiger partial charge in [0.2, 0.25) is 0 Å². The second kappa shape index (κ2) is 5.48. The maximum absolute atomic E-state index is 12.7. The average molecular weight is 317 g/mol. The van der Waals surface area contributed by atoms with E-state index < -0.39 is 5.60 Å². The van der Waals surface area contributed by atoms with Gasteiger partial charge in [-0.15, -0.1) is 5.12 Å². The third-order valence-corrected chi connectivity index (χ3v) is 4.83. The number of allylic oxidation sites excluding steroid dienone is 3. The molecule has 23 heavy (non-hydrogen) atoms. The van der Waals surface area contributed by atoms with Crippen molar-refractivity contribution in [2.75, 3.05) is 6.54 Å². The van der Waals surface area contributed by atoms with Crippen LogP contribution in [0.15, 0.2) is 28.9 Å². The van der Waals surface area contributed by atoms with Crippen molar-refractivity contribution < 1.29 is 9.53 Å². The van der Waals surface area contributed by atoms with Gasteiger partial charge in [0.05, 0.1) is 5.71 Å². The zero-order chi connectivity index (χ0) is 16.8. The molecule has 1 amide bonds. The van der Waals surface area contributed by atoms with E-state index >= 15 is 0 Å². The SMILES string of the molecule is CC1=CC=CC2(C)C1=NN(C(=O)OC(C)(C)C)N1CCCCC12. The summed E-state index contributed by atoms with van der Waals surface area (Å²) in [4.78, 5) is 12.7. The number of hydrazine groups is 1. The molecule has 0 aromatic rings. The molecule has 0 N–H and O–H groups in total. The van der Waals surface area contributed by atoms with Crippen LogP contribution in [-0.4, -0.2) is 40.1 Å². The molecule has 2 heterocycles. The minimum absolute atomic E-state index is 0.141. The first-order valence-corrected chi connectivity index (χ1v) is 8.47. The number of hydrogen-bond donors (Lipinski definition) is 0. The molecule has 1 aliphatic carbocycles. The number of nitrogens with zero attached hydrogens (tertiary/aromatic N) is 3. The molecule has 0 aromatic heterocycles. The predicted molar refractivity (Wildman–Crippen MR) is 90.9 cm³/mol. The highest BCUT2D eigenvalue weighted by atomic mass is 16.6. The van der Waals surface area contributed by atoms with Crippen molar-refractivity contribution in [3.05, 3.63) is 23.8 Å². The van der Waals surface area contributed by atoms with Gasteiger partial charge in [0, 0.05) is 18.0 Å². The first-order chi connectivity index (χ1) is 10.7. The number of amides is 1. The summed E-state index contributed by atoms with van der Waals surface area (Å²) >= 11 is 0. The van der Waals surface area contributed by atoms with Crippen molar-refractivity contribution >= 4 is 11.8 Å². The molecular weight excluding hydrogens is 290 g/mol. The van der Waals surface area contributed by atoms with E-state index in [4.69, 9.17) is 9.84 Å². The zero-order valence-corrected chi connectivity index (χ0v) is 14.8. The van der Waals surface area contributed by atoms with Crippen LogP contribution >= 0.6 is 0 Å². The summed E-state index contributed by atoms with van der Waals surface area (Å²) < 4.78 is 5.57. The number of fused-ring (bicyclic) bond motifs is 3. The summed E-state index contributed by atoms with van der Waals surface area (Å²) in [5.41, 5.74) is 1.43. The Bertz CT molecular complexity index is 600. The average Bonchev–Trinajstić information content (AvgIpc) is 2.45. The number of ether oxygens (including phenoxy) is 1. The molecule has 5 nitrogen and oxygen atoms in total. The third kappa shape index (κ3) is 2.82. The topological polar surface area (TPSA) is 45.1 Å². The van der Waals surface area contributed by atoms with Gasteiger partial charge in [-0.05, 0) is 53.0 Å². The lowest BCUT2D eigenvalue weighted by Crippen LogP contribution is -2.63. The van der Waals surface area contributed by atoms with Crippen molar-refractivity contribution in [3.8, 4) is 0 Å². The predicted octanol–water partition coefficient (Wildman–Crippen LogP) is 3.89. The van der Waals surface area contributed by atoms with Gasteiger partial charge in [0.25, 0.3) is 0 Å². The molecule has 3 rings (SSSR count). The lowest BCUT2D eigenvalue weighted by Gasteiger charge is -2.52. The van der Waals surface area contributed by atoms with Crippen LogP contribution in [0.4, 0.5) is 4.79 Å². The van der Waals surface area contributed by atoms with Crippen LogP contribution in [-0.2, 0) is 4.74 Å². The molecule has 1 saturated heterocycles. The number of piperidine rings is 1. The lowest BCUT2D eigenvalue weighted by atomic mass is 9.69. The molecule has 2 aliphatic heterocycles. The molecular formula is C18H27N3O2. The van der Waals surface area contributed by atoms with E-state index in [1.807, 2.05) is 20.8 Å². The van der Waals surface area contributed by atoms with Crippen LogP contribution < -0.4 is 0 Å². The van der Waals surface area contributed by atoms with E-state index in [9.17, 15) is 4.79 Å². The standard InChI is InChI=1S/C18H27N3O2/c1-13-9-8-11-18(5)14-10-6-7-12-20(14)21(19-15(13)18)16(22)23-17(2,3)4/h8-9,11,14H,6-7,10,12H2,1-5H3. The fourth-order valence-electron chi connectivity index (χ4n) is 3.78. The molecule has 5 heteroatoms. The smallest absolute Gasteiger partial charge is 0.441 e. The Hall–Kier alpha value is -1.62. The fraction of sp³-hybridized carbons (Fsp3) is 0.667. The van der Waals surface area contributed by atoms with Crippen molar-refractivity contribution in [2.24, 2.45) is 10.5 Å². The number of carbonyl (C=O) groups is 1. The summed E-state index contributed by atoms with van der Waals surface area (Å²) in [5, 5.41) is 8.28. The molecule has 1 fully saturated rings. The quantitative estimate of drug-likeness (QED) is 0.681. The maximum Gasteiger partial charge on any atom is 0.446 e. The van der Waals surface area contributed by atoms with E-state index in [2.05, 4.69) is 37.1 Å². The van der Waals surface area contributed by atoms with Crippen LogP contribution in [0.2, 0.25) is 0 Å². The highest BCUT2D eigenvalue weighted by Gasteiger charge is 2.50. The molecule has 0 radical (unpaired) electrons. The van der Waals surface area contributed by atoms with Gasteiger partial charge in [-0.3, -0.25) is 0 Å². The van der Waals surface area contributed by atoms with Crippen LogP contribution in [0.25, 0.3) is 0 Å². The van der Waals surface area contributed by atoms with Gasteiger partial charge >= 0.3 is 6.09 Å². The first-order valence-electron chi connectivity index (χ1n) is 8.47. The molecule has 2 unspecified atom stereocenters. The highest BCUT2D eigenvalue weighted by Crippen LogP contribution is 2.43. The van der Waals surface area contributed by atoms with E-state index in [-0.39, 0.29) is 17.6 Å². The monoisotopic (exact) mass is 317 g/mol. The van der Waals surface area contributed by atoms with Gasteiger partial charge in [0.1, 0.15) is 5.60 Å². The Kier molecular flexibility index (Phi) is 3.87. The first kappa shape index (κ1) is 16.2. The molecule has 2 atom stereocenters. The number of carbonyl (C=O) groups excluding carboxylic acids is 1. The van der Waals surface area contributed by atoms with Crippen LogP contribution in [0.5, 0.6) is 0 Å². The van der Waals surface area contributed by atoms with Gasteiger partial charge in [-0.25, -0.2) is 4.79 Å². The van der Waals surface area contributed by atoms with Crippen molar-refractivity contribution in [2.45, 2.75) is 65.5 Å². The van der Waals surface area contributed by atoms with Crippen molar-refractivity contribution in [3.63, 3.8) is 0 Å². The van der Waals surface area contributed by atoms with Gasteiger partial charge in [-0.1, -0.05) is 24.6 Å². The van der Waals surface area contributed by atoms with Gasteiger partial charge in [0.15, 0.2) is 0 Å². The zero-order valence-electron chi connectivity index (χ0n) is 14.8. The van der Waals surface area contributed by atoms with Crippen LogP contribution in [0.3, 0.4) is 0 Å². The summed E-state index contributed by atoms with van der Waals surface area (Å²) in [6.07, 6.45) is 9.34. The Balaban J connectivity index is 2.01. The summed E-state index contributed by atoms with van der Waals surface area (Å²) in [5.74, 6) is 0. The Morgan fingerprint density at radius 1 is 1.39 bits per heavy atom. The minimum atomic E-state index is -0.527. The van der Waals surface area contributed by atoms with E-state index in [0.29, 0.717) is 0 Å². The van der Waals surface area contributed by atoms with E-state index in [0.717, 1.165) is 30.7 Å². The second-order valence-electron chi connectivity index (χ2n) is 7.88. The van der Waals surface area contributed by atoms with Crippen molar-refractivity contribution in [1.82, 2.24) is 10.1 Å². The lowest BCUT2D eigenvalue weighted by molar-refractivity contribution is -0.107. The van der Waals surface area contributed by atoms with Gasteiger partial charge in [-0.2, -0.15) is 10.1 Å². The third-order valence-electron chi connectivity index (χ3n) is 4.83. The highest BCUT2D eigenvalue weighted by molar-refractivity contribution is 6.07. The number of hydrogen-bond acceptors (Lipinski definition) is 4. The minimum Gasteiger partial charge on any atom is -0.441 e. The second-order valence-corrected chi connectivity index (χ2v) is 7.88. The largest absolute Gasteiger partial charge is 0.446 e. The van der Waals surface area contributed by atoms with E-state index in [1.54, 1.807) is 0 Å². The Morgan fingerprint density at radius 3 is 2.83 bits per heavy atom. The molecule has 0 bridgehead atoms. The van der Waals surface area contributed by atoms with Crippen molar-refractivity contribution in [1.29, 1.82) is 0 Å². The van der Waals surface area contributed by atoms with Gasteiger partial charge < -0.3 is 4.74 Å². The summed E-state index contributed by atoms with van der Waals surface area (Å²) in [6, 6.07) is 0.246. The number of rotatable bonds is 0. The number of hydrazone groups is 1. The maximum atomic E-state index is 12.7. The molecule has 0 aromatic carbocycles. The molecule has 0 spiro atoms. The van der Waals surface area contributed by atoms with Crippen LogP contribution in [0, 0.1) is 5.41 Å². The molecule has 3 aliphatic rings. The van der Waals surface area contributed by atoms with E-state index in [1.165, 1.54) is 11.5 Å².